The van der Waals surface area contributed by atoms with Crippen LogP contribution < -0.4 is 10.2 Å². The molecule has 0 unspecified atom stereocenters. The van der Waals surface area contributed by atoms with E-state index >= 15 is 0 Å². The molecule has 82 valence electrons. The standard InChI is InChI=1S/C10H13BrN2O2/c1-3-15-9-5-7(6-13-12-2)4-8(11)10(9)14/h4-6,12,14H,3H2,1-2H3/b13-6+. The molecule has 0 bridgehead atoms. The lowest BCUT2D eigenvalue weighted by Crippen LogP contribution is -1.97. The predicted octanol–water partition coefficient (Wildman–Crippen LogP) is 2.11. The third-order valence-electron chi connectivity index (χ3n) is 1.69. The zero-order valence-corrected chi connectivity index (χ0v) is 10.2. The van der Waals surface area contributed by atoms with E-state index < -0.39 is 0 Å². The van der Waals surface area contributed by atoms with Crippen molar-refractivity contribution >= 4 is 22.1 Å². The molecule has 0 aliphatic rings. The summed E-state index contributed by atoms with van der Waals surface area (Å²) in [6.45, 7) is 2.37. The van der Waals surface area contributed by atoms with Crippen molar-refractivity contribution in [1.82, 2.24) is 5.43 Å². The zero-order chi connectivity index (χ0) is 11.3. The highest BCUT2D eigenvalue weighted by Gasteiger charge is 2.07. The smallest absolute Gasteiger partial charge is 0.172 e. The Labute approximate surface area is 97.1 Å². The van der Waals surface area contributed by atoms with E-state index in [0.717, 1.165) is 5.56 Å². The Hall–Kier alpha value is -1.23. The number of phenols is 1. The number of nitrogens with zero attached hydrogens (tertiary/aromatic N) is 1. The summed E-state index contributed by atoms with van der Waals surface area (Å²) >= 11 is 3.25. The van der Waals surface area contributed by atoms with E-state index in [0.29, 0.717) is 16.8 Å². The van der Waals surface area contributed by atoms with Gasteiger partial charge in [0.2, 0.25) is 0 Å². The Kier molecular flexibility index (Phi) is 4.42. The highest BCUT2D eigenvalue weighted by molar-refractivity contribution is 9.10. The molecule has 1 aromatic carbocycles. The minimum atomic E-state index is 0.110. The van der Waals surface area contributed by atoms with E-state index in [-0.39, 0.29) is 5.75 Å². The van der Waals surface area contributed by atoms with Gasteiger partial charge < -0.3 is 15.3 Å². The first-order valence-electron chi connectivity index (χ1n) is 4.54. The summed E-state index contributed by atoms with van der Waals surface area (Å²) in [7, 11) is 1.72. The van der Waals surface area contributed by atoms with Gasteiger partial charge in [0, 0.05) is 7.05 Å². The SMILES string of the molecule is CCOc1cc(/C=N/NC)cc(Br)c1O. The van der Waals surface area contributed by atoms with E-state index in [1.54, 1.807) is 25.4 Å². The molecule has 0 saturated heterocycles. The molecule has 0 aliphatic carbocycles. The molecule has 5 heteroatoms. The van der Waals surface area contributed by atoms with Crippen LogP contribution in [0, 0.1) is 0 Å². The van der Waals surface area contributed by atoms with Crippen LogP contribution in [0.4, 0.5) is 0 Å². The highest BCUT2D eigenvalue weighted by Crippen LogP contribution is 2.34. The largest absolute Gasteiger partial charge is 0.503 e. The quantitative estimate of drug-likeness (QED) is 0.652. The van der Waals surface area contributed by atoms with Crippen molar-refractivity contribution in [2.24, 2.45) is 5.10 Å². The van der Waals surface area contributed by atoms with Crippen LogP contribution in [-0.2, 0) is 0 Å². The topological polar surface area (TPSA) is 53.8 Å². The van der Waals surface area contributed by atoms with Gasteiger partial charge in [-0.2, -0.15) is 5.10 Å². The minimum absolute atomic E-state index is 0.110. The number of hydrogen-bond donors (Lipinski definition) is 2. The van der Waals surface area contributed by atoms with Gasteiger partial charge in [-0.25, -0.2) is 0 Å². The maximum atomic E-state index is 9.65. The Morgan fingerprint density at radius 3 is 2.93 bits per heavy atom. The van der Waals surface area contributed by atoms with Crippen LogP contribution in [0.15, 0.2) is 21.7 Å². The summed E-state index contributed by atoms with van der Waals surface area (Å²) in [6, 6.07) is 3.49. The number of benzene rings is 1. The van der Waals surface area contributed by atoms with Gasteiger partial charge in [-0.05, 0) is 40.5 Å². The summed E-state index contributed by atoms with van der Waals surface area (Å²) in [5.41, 5.74) is 3.50. The van der Waals surface area contributed by atoms with Crippen LogP contribution in [-0.4, -0.2) is 25.0 Å². The van der Waals surface area contributed by atoms with E-state index in [1.807, 2.05) is 6.92 Å². The molecule has 15 heavy (non-hydrogen) atoms. The lowest BCUT2D eigenvalue weighted by atomic mass is 10.2. The van der Waals surface area contributed by atoms with Crippen LogP contribution in [0.5, 0.6) is 11.5 Å². The average Bonchev–Trinajstić information content (AvgIpc) is 2.22. The lowest BCUT2D eigenvalue weighted by molar-refractivity contribution is 0.317. The van der Waals surface area contributed by atoms with Crippen molar-refractivity contribution in [3.05, 3.63) is 22.2 Å². The van der Waals surface area contributed by atoms with Crippen molar-refractivity contribution in [1.29, 1.82) is 0 Å². The summed E-state index contributed by atoms with van der Waals surface area (Å²) in [4.78, 5) is 0. The first-order valence-corrected chi connectivity index (χ1v) is 5.33. The average molecular weight is 273 g/mol. The Morgan fingerprint density at radius 2 is 2.33 bits per heavy atom. The van der Waals surface area contributed by atoms with E-state index in [2.05, 4.69) is 26.5 Å². The minimum Gasteiger partial charge on any atom is -0.503 e. The second-order valence-electron chi connectivity index (χ2n) is 2.76. The maximum Gasteiger partial charge on any atom is 0.172 e. The van der Waals surface area contributed by atoms with Crippen LogP contribution in [0.1, 0.15) is 12.5 Å². The van der Waals surface area contributed by atoms with Crippen LogP contribution in [0.3, 0.4) is 0 Å². The number of phenolic OH excluding ortho intramolecular Hbond substituents is 1. The lowest BCUT2D eigenvalue weighted by Gasteiger charge is -2.08. The molecule has 0 fully saturated rings. The molecule has 0 aliphatic heterocycles. The summed E-state index contributed by atoms with van der Waals surface area (Å²) < 4.78 is 5.86. The molecule has 1 aromatic rings. The fourth-order valence-electron chi connectivity index (χ4n) is 1.07. The summed E-state index contributed by atoms with van der Waals surface area (Å²) in [5, 5.41) is 13.5. The molecule has 2 N–H and O–H groups in total. The molecule has 0 aromatic heterocycles. The van der Waals surface area contributed by atoms with Gasteiger partial charge in [-0.15, -0.1) is 0 Å². The van der Waals surface area contributed by atoms with E-state index in [4.69, 9.17) is 4.74 Å². The van der Waals surface area contributed by atoms with Crippen molar-refractivity contribution in [3.63, 3.8) is 0 Å². The normalized spacial score (nSPS) is 10.6. The number of ether oxygens (including phenoxy) is 1. The van der Waals surface area contributed by atoms with Gasteiger partial charge in [0.25, 0.3) is 0 Å². The first-order chi connectivity index (χ1) is 7.19. The van der Waals surface area contributed by atoms with Crippen molar-refractivity contribution in [2.75, 3.05) is 13.7 Å². The number of aromatic hydroxyl groups is 1. The first kappa shape index (κ1) is 11.8. The number of rotatable bonds is 4. The maximum absolute atomic E-state index is 9.65. The fourth-order valence-corrected chi connectivity index (χ4v) is 1.53. The molecule has 0 heterocycles. The highest BCUT2D eigenvalue weighted by atomic mass is 79.9. The number of nitrogens with one attached hydrogen (secondary N) is 1. The second-order valence-corrected chi connectivity index (χ2v) is 3.62. The van der Waals surface area contributed by atoms with Crippen LogP contribution in [0.2, 0.25) is 0 Å². The molecule has 0 radical (unpaired) electrons. The summed E-state index contributed by atoms with van der Waals surface area (Å²) in [5.74, 6) is 0.558. The Morgan fingerprint density at radius 1 is 1.60 bits per heavy atom. The van der Waals surface area contributed by atoms with Gasteiger partial charge in [0.15, 0.2) is 11.5 Å². The van der Waals surface area contributed by atoms with Crippen molar-refractivity contribution in [3.8, 4) is 11.5 Å². The Balaban J connectivity index is 3.05. The molecule has 0 amide bonds. The van der Waals surface area contributed by atoms with E-state index in [1.165, 1.54) is 0 Å². The molecule has 1 rings (SSSR count). The molecular weight excluding hydrogens is 260 g/mol. The third kappa shape index (κ3) is 3.13. The molecular formula is C10H13BrN2O2. The Bertz CT molecular complexity index is 367. The van der Waals surface area contributed by atoms with Gasteiger partial charge in [-0.3, -0.25) is 0 Å². The molecule has 0 saturated carbocycles. The van der Waals surface area contributed by atoms with Gasteiger partial charge in [0.05, 0.1) is 17.3 Å². The van der Waals surface area contributed by atoms with E-state index in [9.17, 15) is 5.11 Å². The van der Waals surface area contributed by atoms with Crippen LogP contribution >= 0.6 is 15.9 Å². The number of hydrazone groups is 1. The van der Waals surface area contributed by atoms with Crippen molar-refractivity contribution < 1.29 is 9.84 Å². The summed E-state index contributed by atoms with van der Waals surface area (Å²) in [6.07, 6.45) is 1.65. The van der Waals surface area contributed by atoms with Crippen molar-refractivity contribution in [2.45, 2.75) is 6.92 Å². The van der Waals surface area contributed by atoms with Gasteiger partial charge >= 0.3 is 0 Å². The van der Waals surface area contributed by atoms with Gasteiger partial charge in [0.1, 0.15) is 0 Å². The molecule has 4 nitrogen and oxygen atoms in total. The second kappa shape index (κ2) is 5.60. The van der Waals surface area contributed by atoms with Gasteiger partial charge in [-0.1, -0.05) is 0 Å². The molecule has 0 atom stereocenters. The molecule has 0 spiro atoms. The monoisotopic (exact) mass is 272 g/mol. The van der Waals surface area contributed by atoms with Crippen LogP contribution in [0.25, 0.3) is 0 Å². The number of halogens is 1. The third-order valence-corrected chi connectivity index (χ3v) is 2.30. The zero-order valence-electron chi connectivity index (χ0n) is 8.62. The number of hydrogen-bond acceptors (Lipinski definition) is 4. The fraction of sp³-hybridized carbons (Fsp3) is 0.300. The predicted molar refractivity (Wildman–Crippen MR) is 63.6 cm³/mol.